The predicted molar refractivity (Wildman–Crippen MR) is 112 cm³/mol. The summed E-state index contributed by atoms with van der Waals surface area (Å²) in [6.07, 6.45) is 1.46. The minimum absolute atomic E-state index is 0.0808. The lowest BCUT2D eigenvalue weighted by molar-refractivity contribution is 0.163. The molecule has 5 nitrogen and oxygen atoms in total. The van der Waals surface area contributed by atoms with Crippen LogP contribution in [0.3, 0.4) is 0 Å². The monoisotopic (exact) mass is 382 g/mol. The van der Waals surface area contributed by atoms with Crippen LogP contribution in [0.15, 0.2) is 48.5 Å². The highest BCUT2D eigenvalue weighted by Crippen LogP contribution is 2.38. The Morgan fingerprint density at radius 1 is 1.04 bits per heavy atom. The molecule has 0 radical (unpaired) electrons. The summed E-state index contributed by atoms with van der Waals surface area (Å²) in [5.41, 5.74) is 3.11. The van der Waals surface area contributed by atoms with Crippen molar-refractivity contribution in [1.82, 2.24) is 4.90 Å². The molecule has 1 heterocycles. The van der Waals surface area contributed by atoms with Crippen molar-refractivity contribution in [3.05, 3.63) is 59.7 Å². The molecule has 0 spiro atoms. The van der Waals surface area contributed by atoms with E-state index in [2.05, 4.69) is 24.4 Å². The molecule has 3 atom stereocenters. The number of carbonyl (C=O) groups is 1. The Labute approximate surface area is 167 Å². The minimum Gasteiger partial charge on any atom is -0.495 e. The maximum Gasteiger partial charge on any atom is 0.321 e. The van der Waals surface area contributed by atoms with E-state index in [9.17, 15) is 9.90 Å². The highest BCUT2D eigenvalue weighted by Gasteiger charge is 2.41. The fourth-order valence-corrected chi connectivity index (χ4v) is 4.08. The van der Waals surface area contributed by atoms with Gasteiger partial charge in [-0.05, 0) is 56.2 Å². The summed E-state index contributed by atoms with van der Waals surface area (Å²) in [4.78, 5) is 14.3. The Balaban J connectivity index is 0.000000271. The highest BCUT2D eigenvalue weighted by molar-refractivity contribution is 5.91. The lowest BCUT2D eigenvalue weighted by atomic mass is 10.0. The van der Waals surface area contributed by atoms with Gasteiger partial charge >= 0.3 is 6.03 Å². The lowest BCUT2D eigenvalue weighted by Gasteiger charge is -2.20. The Bertz CT molecular complexity index is 780. The number of amides is 2. The maximum atomic E-state index is 12.4. The number of hydrogen-bond acceptors (Lipinski definition) is 3. The third-order valence-corrected chi connectivity index (χ3v) is 5.55. The van der Waals surface area contributed by atoms with Crippen molar-refractivity contribution in [3.8, 4) is 5.75 Å². The fourth-order valence-electron chi connectivity index (χ4n) is 4.08. The van der Waals surface area contributed by atoms with E-state index in [1.165, 1.54) is 5.56 Å². The molecule has 1 unspecified atom stereocenters. The molecule has 28 heavy (non-hydrogen) atoms. The number of aryl methyl sites for hydroxylation is 2. The predicted octanol–water partition coefficient (Wildman–Crippen LogP) is 4.23. The van der Waals surface area contributed by atoms with Crippen molar-refractivity contribution in [2.45, 2.75) is 32.8 Å². The van der Waals surface area contributed by atoms with Gasteiger partial charge in [-0.2, -0.15) is 0 Å². The number of benzene rings is 2. The Hall–Kier alpha value is -2.53. The van der Waals surface area contributed by atoms with Gasteiger partial charge < -0.3 is 20.1 Å². The second-order valence-electron chi connectivity index (χ2n) is 7.84. The van der Waals surface area contributed by atoms with Crippen molar-refractivity contribution in [1.29, 1.82) is 0 Å². The normalized spacial score (nSPS) is 22.9. The van der Waals surface area contributed by atoms with E-state index in [0.29, 0.717) is 23.3 Å². The number of ether oxygens (including phenoxy) is 1. The number of aliphatic hydroxyl groups excluding tert-OH is 1. The third-order valence-electron chi connectivity index (χ3n) is 5.55. The number of nitrogens with zero attached hydrogens (tertiary/aromatic N) is 1. The quantitative estimate of drug-likeness (QED) is 0.817. The largest absolute Gasteiger partial charge is 0.495 e. The Morgan fingerprint density at radius 3 is 2.21 bits per heavy atom. The minimum atomic E-state index is -0.179. The molecule has 4 rings (SSSR count). The molecule has 0 aromatic heterocycles. The summed E-state index contributed by atoms with van der Waals surface area (Å²) in [5, 5.41) is 12.6. The van der Waals surface area contributed by atoms with E-state index in [-0.39, 0.29) is 12.1 Å². The molecule has 1 saturated heterocycles. The molecule has 5 heteroatoms. The molecule has 1 saturated carbocycles. The number of urea groups is 1. The molecular weight excluding hydrogens is 352 g/mol. The second kappa shape index (κ2) is 9.11. The summed E-state index contributed by atoms with van der Waals surface area (Å²) in [6.45, 7) is 5.54. The first-order valence-electron chi connectivity index (χ1n) is 9.86. The van der Waals surface area contributed by atoms with Gasteiger partial charge in [0.25, 0.3) is 0 Å². The first-order valence-corrected chi connectivity index (χ1v) is 9.86. The summed E-state index contributed by atoms with van der Waals surface area (Å²) < 4.78 is 5.29. The zero-order chi connectivity index (χ0) is 20.1. The van der Waals surface area contributed by atoms with E-state index in [0.717, 1.165) is 31.5 Å². The second-order valence-corrected chi connectivity index (χ2v) is 7.84. The van der Waals surface area contributed by atoms with Crippen LogP contribution in [0, 0.1) is 25.7 Å². The van der Waals surface area contributed by atoms with Crippen LogP contribution in [-0.2, 0) is 0 Å². The number of anilines is 1. The molecule has 0 bridgehead atoms. The highest BCUT2D eigenvalue weighted by atomic mass is 16.5. The number of fused-ring (bicyclic) bond motifs is 1. The van der Waals surface area contributed by atoms with Crippen LogP contribution in [-0.4, -0.2) is 42.3 Å². The maximum absolute atomic E-state index is 12.4. The van der Waals surface area contributed by atoms with Gasteiger partial charge in [0.05, 0.1) is 18.9 Å². The lowest BCUT2D eigenvalue weighted by Crippen LogP contribution is -2.34. The van der Waals surface area contributed by atoms with Gasteiger partial charge in [-0.15, -0.1) is 0 Å². The zero-order valence-corrected chi connectivity index (χ0v) is 16.9. The molecule has 1 aliphatic carbocycles. The molecule has 1 aliphatic heterocycles. The third kappa shape index (κ3) is 5.04. The number of likely N-dealkylation sites (tertiary alicyclic amines) is 1. The first kappa shape index (κ1) is 20.2. The number of rotatable bonds is 2. The van der Waals surface area contributed by atoms with Crippen molar-refractivity contribution in [2.24, 2.45) is 11.8 Å². The smallest absolute Gasteiger partial charge is 0.321 e. The first-order chi connectivity index (χ1) is 13.5. The number of nitrogens with one attached hydrogen (secondary N) is 1. The molecule has 2 fully saturated rings. The van der Waals surface area contributed by atoms with E-state index in [1.807, 2.05) is 48.2 Å². The van der Waals surface area contributed by atoms with Crippen molar-refractivity contribution < 1.29 is 14.6 Å². The van der Waals surface area contributed by atoms with Crippen LogP contribution in [0.2, 0.25) is 0 Å². The van der Waals surface area contributed by atoms with Crippen molar-refractivity contribution >= 4 is 11.7 Å². The average molecular weight is 383 g/mol. The van der Waals surface area contributed by atoms with E-state index in [4.69, 9.17) is 4.74 Å². The number of hydrogen-bond donors (Lipinski definition) is 2. The van der Waals surface area contributed by atoms with Crippen LogP contribution in [0.5, 0.6) is 5.75 Å². The number of carbonyl (C=O) groups excluding carboxylic acids is 1. The zero-order valence-electron chi connectivity index (χ0n) is 16.9. The van der Waals surface area contributed by atoms with E-state index >= 15 is 0 Å². The SMILES string of the molecule is COc1ccc(C)cc1NC(=O)N1C[C@H]2CC(O)C[C@H]2C1.Cc1ccccc1. The van der Waals surface area contributed by atoms with Crippen LogP contribution in [0.4, 0.5) is 10.5 Å². The van der Waals surface area contributed by atoms with Gasteiger partial charge in [0.2, 0.25) is 0 Å². The van der Waals surface area contributed by atoms with Gasteiger partial charge in [0, 0.05) is 13.1 Å². The molecule has 150 valence electrons. The summed E-state index contributed by atoms with van der Waals surface area (Å²) in [7, 11) is 1.60. The van der Waals surface area contributed by atoms with Gasteiger partial charge in [-0.25, -0.2) is 4.79 Å². The Morgan fingerprint density at radius 2 is 1.68 bits per heavy atom. The summed E-state index contributed by atoms with van der Waals surface area (Å²) >= 11 is 0. The number of aliphatic hydroxyl groups is 1. The topological polar surface area (TPSA) is 61.8 Å². The summed E-state index contributed by atoms with van der Waals surface area (Å²) in [6, 6.07) is 15.9. The van der Waals surface area contributed by atoms with Gasteiger partial charge in [0.15, 0.2) is 0 Å². The molecule has 2 aromatic carbocycles. The van der Waals surface area contributed by atoms with Gasteiger partial charge in [-0.1, -0.05) is 42.0 Å². The van der Waals surface area contributed by atoms with Gasteiger partial charge in [-0.3, -0.25) is 0 Å². The molecular formula is C23H30N2O3. The molecule has 2 aromatic rings. The fraction of sp³-hybridized carbons (Fsp3) is 0.435. The number of methoxy groups -OCH3 is 1. The van der Waals surface area contributed by atoms with Crippen molar-refractivity contribution in [3.63, 3.8) is 0 Å². The molecule has 2 amide bonds. The van der Waals surface area contributed by atoms with E-state index in [1.54, 1.807) is 7.11 Å². The Kier molecular flexibility index (Phi) is 6.57. The molecule has 2 aliphatic rings. The van der Waals surface area contributed by atoms with Crippen molar-refractivity contribution in [2.75, 3.05) is 25.5 Å². The van der Waals surface area contributed by atoms with E-state index < -0.39 is 0 Å². The van der Waals surface area contributed by atoms with Crippen LogP contribution < -0.4 is 10.1 Å². The molecule has 2 N–H and O–H groups in total. The van der Waals surface area contributed by atoms with Gasteiger partial charge in [0.1, 0.15) is 5.75 Å². The van der Waals surface area contributed by atoms with Crippen LogP contribution >= 0.6 is 0 Å². The standard InChI is InChI=1S/C16H22N2O3.C7H8/c1-10-3-4-15(21-2)14(5-10)17-16(20)18-8-11-6-13(19)7-12(11)9-18;1-7-5-3-2-4-6-7/h3-5,11-13,19H,6-9H2,1-2H3,(H,17,20);2-6H,1H3/t11-,12+,13?;. The summed E-state index contributed by atoms with van der Waals surface area (Å²) in [5.74, 6) is 1.57. The average Bonchev–Trinajstić information content (AvgIpc) is 3.21. The van der Waals surface area contributed by atoms with Crippen LogP contribution in [0.1, 0.15) is 24.0 Å². The van der Waals surface area contributed by atoms with Crippen LogP contribution in [0.25, 0.3) is 0 Å².